The molecule has 0 aliphatic heterocycles. The second kappa shape index (κ2) is 5.57. The fraction of sp³-hybridized carbons (Fsp3) is 0.438. The SMILES string of the molecule is Cc1ccc(CNCc2ccc3c(n2)CCCC3)o1. The molecular formula is C16H20N2O. The van der Waals surface area contributed by atoms with E-state index in [1.54, 1.807) is 0 Å². The lowest BCUT2D eigenvalue weighted by molar-refractivity contribution is 0.460. The molecule has 3 heteroatoms. The third-order valence-corrected chi connectivity index (χ3v) is 3.64. The van der Waals surface area contributed by atoms with Gasteiger partial charge in [0.1, 0.15) is 11.5 Å². The lowest BCUT2D eigenvalue weighted by Crippen LogP contribution is -2.15. The van der Waals surface area contributed by atoms with Gasteiger partial charge in [-0.15, -0.1) is 0 Å². The quantitative estimate of drug-likeness (QED) is 0.913. The third-order valence-electron chi connectivity index (χ3n) is 3.64. The average molecular weight is 256 g/mol. The molecule has 100 valence electrons. The van der Waals surface area contributed by atoms with Crippen molar-refractivity contribution >= 4 is 0 Å². The summed E-state index contributed by atoms with van der Waals surface area (Å²) in [6.07, 6.45) is 4.93. The number of aromatic nitrogens is 1. The van der Waals surface area contributed by atoms with Crippen LogP contribution in [0.2, 0.25) is 0 Å². The molecule has 0 radical (unpaired) electrons. The molecule has 0 bridgehead atoms. The topological polar surface area (TPSA) is 38.1 Å². The standard InChI is InChI=1S/C16H20N2O/c1-12-6-9-15(19-12)11-17-10-14-8-7-13-4-2-3-5-16(13)18-14/h6-9,17H,2-5,10-11H2,1H3. The zero-order valence-electron chi connectivity index (χ0n) is 11.4. The second-order valence-electron chi connectivity index (χ2n) is 5.23. The summed E-state index contributed by atoms with van der Waals surface area (Å²) in [6.45, 7) is 3.52. The third kappa shape index (κ3) is 3.04. The van der Waals surface area contributed by atoms with Crippen molar-refractivity contribution in [3.05, 3.63) is 52.7 Å². The van der Waals surface area contributed by atoms with Crippen molar-refractivity contribution < 1.29 is 4.42 Å². The van der Waals surface area contributed by atoms with E-state index < -0.39 is 0 Å². The zero-order valence-corrected chi connectivity index (χ0v) is 11.4. The van der Waals surface area contributed by atoms with Crippen LogP contribution in [0.5, 0.6) is 0 Å². The molecule has 2 heterocycles. The molecule has 2 aromatic heterocycles. The Labute approximate surface area is 114 Å². The van der Waals surface area contributed by atoms with Gasteiger partial charge in [0.2, 0.25) is 0 Å². The first-order chi connectivity index (χ1) is 9.31. The Morgan fingerprint density at radius 2 is 2.00 bits per heavy atom. The summed E-state index contributed by atoms with van der Waals surface area (Å²) in [5.74, 6) is 1.94. The van der Waals surface area contributed by atoms with Crippen LogP contribution in [0.3, 0.4) is 0 Å². The summed E-state index contributed by atoms with van der Waals surface area (Å²) >= 11 is 0. The van der Waals surface area contributed by atoms with Crippen molar-refractivity contribution in [3.63, 3.8) is 0 Å². The van der Waals surface area contributed by atoms with Crippen LogP contribution in [0, 0.1) is 6.92 Å². The van der Waals surface area contributed by atoms with Gasteiger partial charge in [-0.1, -0.05) is 6.07 Å². The number of rotatable bonds is 4. The Bertz CT molecular complexity index is 560. The molecule has 3 rings (SSSR count). The maximum absolute atomic E-state index is 5.53. The predicted molar refractivity (Wildman–Crippen MR) is 74.9 cm³/mol. The molecule has 0 unspecified atom stereocenters. The van der Waals surface area contributed by atoms with Crippen LogP contribution in [0.1, 0.15) is 41.3 Å². The molecule has 2 aromatic rings. The second-order valence-corrected chi connectivity index (χ2v) is 5.23. The molecule has 1 aliphatic carbocycles. The molecule has 0 atom stereocenters. The van der Waals surface area contributed by atoms with E-state index in [9.17, 15) is 0 Å². The van der Waals surface area contributed by atoms with Crippen molar-refractivity contribution in [1.29, 1.82) is 0 Å². The Morgan fingerprint density at radius 3 is 2.84 bits per heavy atom. The Hall–Kier alpha value is -1.61. The molecule has 19 heavy (non-hydrogen) atoms. The van der Waals surface area contributed by atoms with Crippen molar-refractivity contribution in [2.24, 2.45) is 0 Å². The minimum atomic E-state index is 0.757. The van der Waals surface area contributed by atoms with E-state index in [2.05, 4.69) is 17.4 Å². The summed E-state index contributed by atoms with van der Waals surface area (Å²) in [7, 11) is 0. The van der Waals surface area contributed by atoms with Gasteiger partial charge in [0.25, 0.3) is 0 Å². The average Bonchev–Trinajstić information content (AvgIpc) is 2.84. The number of hydrogen-bond acceptors (Lipinski definition) is 3. The molecule has 1 aliphatic rings. The maximum Gasteiger partial charge on any atom is 0.117 e. The van der Waals surface area contributed by atoms with E-state index in [-0.39, 0.29) is 0 Å². The highest BCUT2D eigenvalue weighted by Gasteiger charge is 2.10. The lowest BCUT2D eigenvalue weighted by atomic mass is 9.96. The van der Waals surface area contributed by atoms with Crippen LogP contribution in [0.15, 0.2) is 28.7 Å². The highest BCUT2D eigenvalue weighted by atomic mass is 16.3. The van der Waals surface area contributed by atoms with Gasteiger partial charge in [0.05, 0.1) is 12.2 Å². The molecular weight excluding hydrogens is 236 g/mol. The summed E-state index contributed by atoms with van der Waals surface area (Å²) in [6, 6.07) is 8.40. The van der Waals surface area contributed by atoms with Gasteiger partial charge in [-0.25, -0.2) is 0 Å². The van der Waals surface area contributed by atoms with Crippen LogP contribution in [0.4, 0.5) is 0 Å². The molecule has 1 N–H and O–H groups in total. The monoisotopic (exact) mass is 256 g/mol. The van der Waals surface area contributed by atoms with Gasteiger partial charge < -0.3 is 9.73 Å². The maximum atomic E-state index is 5.53. The van der Waals surface area contributed by atoms with Crippen molar-refractivity contribution in [1.82, 2.24) is 10.3 Å². The highest BCUT2D eigenvalue weighted by Crippen LogP contribution is 2.19. The Balaban J connectivity index is 1.58. The van der Waals surface area contributed by atoms with Gasteiger partial charge in [-0.2, -0.15) is 0 Å². The largest absolute Gasteiger partial charge is 0.465 e. The normalized spacial score (nSPS) is 14.4. The lowest BCUT2D eigenvalue weighted by Gasteiger charge is -2.15. The van der Waals surface area contributed by atoms with E-state index in [4.69, 9.17) is 9.40 Å². The predicted octanol–water partition coefficient (Wildman–Crippen LogP) is 3.15. The van der Waals surface area contributed by atoms with Gasteiger partial charge in [-0.3, -0.25) is 4.98 Å². The first-order valence-corrected chi connectivity index (χ1v) is 7.05. The fourth-order valence-corrected chi connectivity index (χ4v) is 2.62. The van der Waals surface area contributed by atoms with Gasteiger partial charge in [-0.05, 0) is 56.4 Å². The molecule has 0 amide bonds. The smallest absolute Gasteiger partial charge is 0.117 e. The van der Waals surface area contributed by atoms with Crippen LogP contribution in [-0.4, -0.2) is 4.98 Å². The van der Waals surface area contributed by atoms with Gasteiger partial charge in [0.15, 0.2) is 0 Å². The van der Waals surface area contributed by atoms with E-state index in [1.165, 1.54) is 30.5 Å². The fourth-order valence-electron chi connectivity index (χ4n) is 2.62. The summed E-state index contributed by atoms with van der Waals surface area (Å²) in [5, 5.41) is 3.38. The minimum Gasteiger partial charge on any atom is -0.465 e. The van der Waals surface area contributed by atoms with Gasteiger partial charge in [0, 0.05) is 12.2 Å². The number of nitrogens with zero attached hydrogens (tertiary/aromatic N) is 1. The summed E-state index contributed by atoms with van der Waals surface area (Å²) in [4.78, 5) is 4.76. The number of aryl methyl sites for hydroxylation is 3. The van der Waals surface area contributed by atoms with Crippen LogP contribution in [0.25, 0.3) is 0 Å². The van der Waals surface area contributed by atoms with E-state index in [0.29, 0.717) is 0 Å². The number of hydrogen-bond donors (Lipinski definition) is 1. The van der Waals surface area contributed by atoms with Crippen molar-refractivity contribution in [2.75, 3.05) is 0 Å². The van der Waals surface area contributed by atoms with Crippen LogP contribution in [-0.2, 0) is 25.9 Å². The number of nitrogens with one attached hydrogen (secondary N) is 1. The van der Waals surface area contributed by atoms with Crippen molar-refractivity contribution in [3.8, 4) is 0 Å². The van der Waals surface area contributed by atoms with Crippen LogP contribution >= 0.6 is 0 Å². The highest BCUT2D eigenvalue weighted by molar-refractivity contribution is 5.25. The first-order valence-electron chi connectivity index (χ1n) is 7.05. The molecule has 0 saturated heterocycles. The van der Waals surface area contributed by atoms with Gasteiger partial charge >= 0.3 is 0 Å². The molecule has 0 fully saturated rings. The molecule has 0 spiro atoms. The molecule has 0 aromatic carbocycles. The summed E-state index contributed by atoms with van der Waals surface area (Å²) in [5.41, 5.74) is 3.87. The number of fused-ring (bicyclic) bond motifs is 1. The number of furan rings is 1. The van der Waals surface area contributed by atoms with E-state index in [1.807, 2.05) is 19.1 Å². The summed E-state index contributed by atoms with van der Waals surface area (Å²) < 4.78 is 5.53. The van der Waals surface area contributed by atoms with E-state index in [0.717, 1.165) is 36.7 Å². The van der Waals surface area contributed by atoms with E-state index >= 15 is 0 Å². The minimum absolute atomic E-state index is 0.757. The first kappa shape index (κ1) is 12.4. The zero-order chi connectivity index (χ0) is 13.1. The Kier molecular flexibility index (Phi) is 3.65. The molecule has 3 nitrogen and oxygen atoms in total. The molecule has 0 saturated carbocycles. The van der Waals surface area contributed by atoms with Crippen LogP contribution < -0.4 is 5.32 Å². The van der Waals surface area contributed by atoms with Crippen molar-refractivity contribution in [2.45, 2.75) is 45.7 Å². The number of pyridine rings is 1. The Morgan fingerprint density at radius 1 is 1.11 bits per heavy atom.